The van der Waals surface area contributed by atoms with Crippen LogP contribution in [0, 0.1) is 0 Å². The maximum absolute atomic E-state index is 12.5. The van der Waals surface area contributed by atoms with Gasteiger partial charge in [-0.3, -0.25) is 4.79 Å². The molecule has 0 spiro atoms. The molecule has 0 radical (unpaired) electrons. The van der Waals surface area contributed by atoms with Gasteiger partial charge in [-0.15, -0.1) is 12.4 Å². The van der Waals surface area contributed by atoms with Crippen molar-refractivity contribution in [1.29, 1.82) is 0 Å². The lowest BCUT2D eigenvalue weighted by atomic mass is 10.2. The van der Waals surface area contributed by atoms with Crippen LogP contribution in [0.3, 0.4) is 0 Å². The van der Waals surface area contributed by atoms with E-state index >= 15 is 0 Å². The summed E-state index contributed by atoms with van der Waals surface area (Å²) in [6, 6.07) is 13.4. The van der Waals surface area contributed by atoms with Crippen LogP contribution in [0.1, 0.15) is 28.8 Å². The number of hydrogen-bond acceptors (Lipinski definition) is 4. The average Bonchev–Trinajstić information content (AvgIpc) is 3.15. The second-order valence-electron chi connectivity index (χ2n) is 6.06. The number of halogens is 1. The van der Waals surface area contributed by atoms with E-state index in [1.54, 1.807) is 48.5 Å². The number of amides is 1. The molecule has 1 heterocycles. The molecular weight excluding hydrogens is 374 g/mol. The first-order valence-corrected chi connectivity index (χ1v) is 9.64. The van der Waals surface area contributed by atoms with E-state index in [1.807, 2.05) is 0 Å². The number of carbonyl (C=O) groups excluding carboxylic acids is 1. The number of benzene rings is 2. The van der Waals surface area contributed by atoms with Gasteiger partial charge in [0.05, 0.1) is 4.90 Å². The van der Waals surface area contributed by atoms with Gasteiger partial charge in [-0.25, -0.2) is 8.42 Å². The van der Waals surface area contributed by atoms with E-state index in [1.165, 1.54) is 4.31 Å². The number of nitrogen functional groups attached to an aromatic ring is 1. The summed E-state index contributed by atoms with van der Waals surface area (Å²) in [4.78, 5) is 12.4. The van der Waals surface area contributed by atoms with E-state index in [2.05, 4.69) is 5.32 Å². The monoisotopic (exact) mass is 395 g/mol. The molecule has 0 unspecified atom stereocenters. The maximum Gasteiger partial charge on any atom is 0.251 e. The van der Waals surface area contributed by atoms with Gasteiger partial charge in [0.15, 0.2) is 0 Å². The van der Waals surface area contributed by atoms with E-state index in [0.717, 1.165) is 18.4 Å². The minimum atomic E-state index is -3.40. The third-order valence-electron chi connectivity index (χ3n) is 4.23. The first kappa shape index (κ1) is 20.2. The minimum absolute atomic E-state index is 0. The second kappa shape index (κ2) is 8.53. The van der Waals surface area contributed by atoms with Crippen molar-refractivity contribution in [1.82, 2.24) is 9.62 Å². The Bertz CT molecular complexity index is 864. The van der Waals surface area contributed by atoms with E-state index in [9.17, 15) is 13.2 Å². The predicted octanol–water partition coefficient (Wildman–Crippen LogP) is 2.41. The van der Waals surface area contributed by atoms with Crippen molar-refractivity contribution < 1.29 is 13.2 Å². The molecule has 2 aromatic carbocycles. The van der Waals surface area contributed by atoms with E-state index < -0.39 is 10.0 Å². The average molecular weight is 396 g/mol. The van der Waals surface area contributed by atoms with Crippen LogP contribution in [0.4, 0.5) is 5.69 Å². The first-order valence-electron chi connectivity index (χ1n) is 8.20. The van der Waals surface area contributed by atoms with E-state index in [0.29, 0.717) is 35.8 Å². The largest absolute Gasteiger partial charge is 0.399 e. The molecule has 0 aliphatic carbocycles. The normalized spacial score (nSPS) is 14.6. The number of carbonyl (C=O) groups is 1. The van der Waals surface area contributed by atoms with Crippen LogP contribution in [0.15, 0.2) is 53.4 Å². The fraction of sp³-hybridized carbons (Fsp3) is 0.278. The summed E-state index contributed by atoms with van der Waals surface area (Å²) < 4.78 is 26.5. The van der Waals surface area contributed by atoms with Gasteiger partial charge >= 0.3 is 0 Å². The molecule has 0 atom stereocenters. The Labute approximate surface area is 159 Å². The smallest absolute Gasteiger partial charge is 0.251 e. The highest BCUT2D eigenvalue weighted by atomic mass is 35.5. The lowest BCUT2D eigenvalue weighted by molar-refractivity contribution is 0.0951. The van der Waals surface area contributed by atoms with Crippen molar-refractivity contribution >= 4 is 34.0 Å². The number of nitrogens with one attached hydrogen (secondary N) is 1. The molecule has 0 bridgehead atoms. The van der Waals surface area contributed by atoms with E-state index in [-0.39, 0.29) is 18.3 Å². The van der Waals surface area contributed by atoms with E-state index in [4.69, 9.17) is 5.73 Å². The summed E-state index contributed by atoms with van der Waals surface area (Å²) in [5.74, 6) is -0.221. The quantitative estimate of drug-likeness (QED) is 0.760. The van der Waals surface area contributed by atoms with Crippen LogP contribution in [0.25, 0.3) is 0 Å². The SMILES string of the molecule is Cl.Nc1cccc(C(=O)NCc2ccc(S(=O)(=O)N3CCCC3)cc2)c1. The Balaban J connectivity index is 0.00000243. The number of anilines is 1. The molecule has 140 valence electrons. The molecule has 0 aromatic heterocycles. The third kappa shape index (κ3) is 4.55. The van der Waals surface area contributed by atoms with Crippen molar-refractivity contribution in [2.75, 3.05) is 18.8 Å². The van der Waals surface area contributed by atoms with Crippen LogP contribution in [-0.4, -0.2) is 31.7 Å². The molecule has 8 heteroatoms. The lowest BCUT2D eigenvalue weighted by Crippen LogP contribution is -2.28. The fourth-order valence-electron chi connectivity index (χ4n) is 2.82. The molecule has 6 nitrogen and oxygen atoms in total. The fourth-order valence-corrected chi connectivity index (χ4v) is 4.34. The van der Waals surface area contributed by atoms with Crippen LogP contribution < -0.4 is 11.1 Å². The Morgan fingerprint density at radius 3 is 2.35 bits per heavy atom. The molecule has 1 aliphatic heterocycles. The summed E-state index contributed by atoms with van der Waals surface area (Å²) in [5.41, 5.74) is 7.53. The highest BCUT2D eigenvalue weighted by Crippen LogP contribution is 2.21. The summed E-state index contributed by atoms with van der Waals surface area (Å²) in [5, 5.41) is 2.80. The second-order valence-corrected chi connectivity index (χ2v) is 8.00. The zero-order valence-corrected chi connectivity index (χ0v) is 15.9. The zero-order chi connectivity index (χ0) is 17.9. The molecule has 26 heavy (non-hydrogen) atoms. The van der Waals surface area contributed by atoms with Crippen molar-refractivity contribution in [3.05, 3.63) is 59.7 Å². The molecule has 1 fully saturated rings. The summed E-state index contributed by atoms with van der Waals surface area (Å²) in [7, 11) is -3.40. The molecule has 1 amide bonds. The van der Waals surface area contributed by atoms with Gasteiger partial charge in [-0.1, -0.05) is 18.2 Å². The number of nitrogens with two attached hydrogens (primary N) is 1. The van der Waals surface area contributed by atoms with Crippen molar-refractivity contribution in [3.8, 4) is 0 Å². The van der Waals surface area contributed by atoms with Gasteiger partial charge in [0.25, 0.3) is 5.91 Å². The highest BCUT2D eigenvalue weighted by Gasteiger charge is 2.26. The third-order valence-corrected chi connectivity index (χ3v) is 6.14. The van der Waals surface area contributed by atoms with Gasteiger partial charge < -0.3 is 11.1 Å². The number of sulfonamides is 1. The van der Waals surface area contributed by atoms with Crippen LogP contribution in [0.2, 0.25) is 0 Å². The highest BCUT2D eigenvalue weighted by molar-refractivity contribution is 7.89. The topological polar surface area (TPSA) is 92.5 Å². The summed E-state index contributed by atoms with van der Waals surface area (Å²) >= 11 is 0. The number of hydrogen-bond donors (Lipinski definition) is 2. The summed E-state index contributed by atoms with van der Waals surface area (Å²) in [6.45, 7) is 1.48. The molecule has 2 aromatic rings. The lowest BCUT2D eigenvalue weighted by Gasteiger charge is -2.15. The Kier molecular flexibility index (Phi) is 6.63. The maximum atomic E-state index is 12.5. The Morgan fingerprint density at radius 2 is 1.73 bits per heavy atom. The molecular formula is C18H22ClN3O3S. The van der Waals surface area contributed by atoms with Crippen molar-refractivity contribution in [3.63, 3.8) is 0 Å². The van der Waals surface area contributed by atoms with Gasteiger partial charge in [0, 0.05) is 30.9 Å². The van der Waals surface area contributed by atoms with Crippen LogP contribution >= 0.6 is 12.4 Å². The molecule has 1 aliphatic rings. The van der Waals surface area contributed by atoms with Gasteiger partial charge in [-0.05, 0) is 48.7 Å². The first-order chi connectivity index (χ1) is 12.0. The number of nitrogens with zero attached hydrogens (tertiary/aromatic N) is 1. The molecule has 0 saturated carbocycles. The van der Waals surface area contributed by atoms with Crippen molar-refractivity contribution in [2.45, 2.75) is 24.3 Å². The van der Waals surface area contributed by atoms with Gasteiger partial charge in [-0.2, -0.15) is 4.31 Å². The van der Waals surface area contributed by atoms with Gasteiger partial charge in [0.2, 0.25) is 10.0 Å². The Morgan fingerprint density at radius 1 is 1.08 bits per heavy atom. The summed E-state index contributed by atoms with van der Waals surface area (Å²) in [6.07, 6.45) is 1.82. The zero-order valence-electron chi connectivity index (χ0n) is 14.2. The predicted molar refractivity (Wildman–Crippen MR) is 104 cm³/mol. The van der Waals surface area contributed by atoms with Gasteiger partial charge in [0.1, 0.15) is 0 Å². The van der Waals surface area contributed by atoms with Crippen LogP contribution in [-0.2, 0) is 16.6 Å². The molecule has 3 N–H and O–H groups in total. The minimum Gasteiger partial charge on any atom is -0.399 e. The van der Waals surface area contributed by atoms with Crippen molar-refractivity contribution in [2.24, 2.45) is 0 Å². The standard InChI is InChI=1S/C18H21N3O3S.ClH/c19-16-5-3-4-15(12-16)18(22)20-13-14-6-8-17(9-7-14)25(23,24)21-10-1-2-11-21;/h3-9,12H,1-2,10-11,13,19H2,(H,20,22);1H. The van der Waals surface area contributed by atoms with Crippen LogP contribution in [0.5, 0.6) is 0 Å². The molecule has 3 rings (SSSR count). The molecule has 1 saturated heterocycles. The number of rotatable bonds is 5. The Hall–Kier alpha value is -2.09.